The molecule has 0 unspecified atom stereocenters. The van der Waals surface area contributed by atoms with Gasteiger partial charge in [-0.3, -0.25) is 0 Å². The molecule has 3 nitrogen and oxygen atoms in total. The van der Waals surface area contributed by atoms with Crippen molar-refractivity contribution >= 4 is 17.6 Å². The fourth-order valence-electron chi connectivity index (χ4n) is 2.01. The smallest absolute Gasteiger partial charge is 0.337 e. The first-order valence-corrected chi connectivity index (χ1v) is 5.67. The van der Waals surface area contributed by atoms with Crippen LogP contribution in [0.4, 0.5) is 4.39 Å². The van der Waals surface area contributed by atoms with Gasteiger partial charge in [-0.25, -0.2) is 9.18 Å². The number of aromatic nitrogens is 1. The van der Waals surface area contributed by atoms with Crippen molar-refractivity contribution < 1.29 is 14.3 Å². The van der Waals surface area contributed by atoms with E-state index in [-0.39, 0.29) is 11.3 Å². The van der Waals surface area contributed by atoms with E-state index >= 15 is 0 Å². The Balaban J connectivity index is 2.71. The molecule has 0 bridgehead atoms. The summed E-state index contributed by atoms with van der Waals surface area (Å²) in [5, 5.41) is 9.44. The Morgan fingerprint density at radius 1 is 1.33 bits per heavy atom. The highest BCUT2D eigenvalue weighted by atomic mass is 35.5. The maximum absolute atomic E-state index is 13.8. The summed E-state index contributed by atoms with van der Waals surface area (Å²) in [6, 6.07) is 5.70. The lowest BCUT2D eigenvalue weighted by molar-refractivity contribution is 0.0696. The molecule has 0 fully saturated rings. The SMILES string of the molecule is Cc1cc(C(=O)O)c(C)n1-c1cc(Cl)ccc1F. The van der Waals surface area contributed by atoms with Crippen LogP contribution in [0.15, 0.2) is 24.3 Å². The maximum atomic E-state index is 13.8. The summed E-state index contributed by atoms with van der Waals surface area (Å²) in [5.41, 5.74) is 1.53. The third kappa shape index (κ3) is 1.99. The zero-order valence-electron chi connectivity index (χ0n) is 9.87. The highest BCUT2D eigenvalue weighted by Gasteiger charge is 2.17. The van der Waals surface area contributed by atoms with E-state index < -0.39 is 11.8 Å². The number of carbonyl (C=O) groups is 1. The maximum Gasteiger partial charge on any atom is 0.337 e. The third-order valence-electron chi connectivity index (χ3n) is 2.81. The second-order valence-electron chi connectivity index (χ2n) is 4.02. The Hall–Kier alpha value is -1.81. The van der Waals surface area contributed by atoms with Crippen LogP contribution in [0.1, 0.15) is 21.7 Å². The molecule has 18 heavy (non-hydrogen) atoms. The molecule has 1 heterocycles. The second-order valence-corrected chi connectivity index (χ2v) is 4.46. The minimum atomic E-state index is -1.03. The van der Waals surface area contributed by atoms with Crippen LogP contribution < -0.4 is 0 Å². The van der Waals surface area contributed by atoms with E-state index in [9.17, 15) is 9.18 Å². The molecule has 0 amide bonds. The molecule has 0 saturated heterocycles. The highest BCUT2D eigenvalue weighted by molar-refractivity contribution is 6.30. The number of carboxylic acid groups (broad SMARTS) is 1. The average Bonchev–Trinajstić information content (AvgIpc) is 2.58. The van der Waals surface area contributed by atoms with Crippen LogP contribution in [-0.2, 0) is 0 Å². The van der Waals surface area contributed by atoms with Gasteiger partial charge in [0.25, 0.3) is 0 Å². The Morgan fingerprint density at radius 2 is 2.00 bits per heavy atom. The number of aromatic carboxylic acids is 1. The highest BCUT2D eigenvalue weighted by Crippen LogP contribution is 2.25. The molecule has 0 aliphatic heterocycles. The van der Waals surface area contributed by atoms with E-state index in [4.69, 9.17) is 16.7 Å². The van der Waals surface area contributed by atoms with Gasteiger partial charge < -0.3 is 9.67 Å². The lowest BCUT2D eigenvalue weighted by Gasteiger charge is -2.11. The largest absolute Gasteiger partial charge is 0.478 e. The summed E-state index contributed by atoms with van der Waals surface area (Å²) in [7, 11) is 0. The van der Waals surface area contributed by atoms with Gasteiger partial charge in [-0.15, -0.1) is 0 Å². The lowest BCUT2D eigenvalue weighted by Crippen LogP contribution is -2.04. The topological polar surface area (TPSA) is 42.2 Å². The monoisotopic (exact) mass is 267 g/mol. The number of benzene rings is 1. The number of hydrogen-bond donors (Lipinski definition) is 1. The summed E-state index contributed by atoms with van der Waals surface area (Å²) in [5.74, 6) is -1.48. The standard InChI is InChI=1S/C13H11ClFNO2/c1-7-5-10(13(17)18)8(2)16(7)12-6-9(14)3-4-11(12)15/h3-6H,1-2H3,(H,17,18). The number of aryl methyl sites for hydroxylation is 1. The molecule has 0 radical (unpaired) electrons. The van der Waals surface area contributed by atoms with E-state index in [1.54, 1.807) is 18.4 Å². The summed E-state index contributed by atoms with van der Waals surface area (Å²) in [6.45, 7) is 3.36. The van der Waals surface area contributed by atoms with Crippen LogP contribution in [0, 0.1) is 19.7 Å². The third-order valence-corrected chi connectivity index (χ3v) is 3.05. The Kier molecular flexibility index (Phi) is 3.13. The first-order chi connectivity index (χ1) is 8.41. The van der Waals surface area contributed by atoms with Gasteiger partial charge in [-0.2, -0.15) is 0 Å². The number of nitrogens with zero attached hydrogens (tertiary/aromatic N) is 1. The Labute approximate surface area is 108 Å². The molecule has 0 spiro atoms. The minimum Gasteiger partial charge on any atom is -0.478 e. The predicted molar refractivity (Wildman–Crippen MR) is 67.2 cm³/mol. The van der Waals surface area contributed by atoms with Crippen LogP contribution in [0.5, 0.6) is 0 Å². The van der Waals surface area contributed by atoms with Gasteiger partial charge in [0.15, 0.2) is 0 Å². The molecule has 1 aromatic heterocycles. The number of hydrogen-bond acceptors (Lipinski definition) is 1. The van der Waals surface area contributed by atoms with Crippen molar-refractivity contribution in [2.75, 3.05) is 0 Å². The van der Waals surface area contributed by atoms with Crippen LogP contribution in [0.2, 0.25) is 5.02 Å². The average molecular weight is 268 g/mol. The van der Waals surface area contributed by atoms with Gasteiger partial charge in [0.1, 0.15) is 5.82 Å². The van der Waals surface area contributed by atoms with Crippen molar-refractivity contribution in [3.8, 4) is 5.69 Å². The van der Waals surface area contributed by atoms with Crippen molar-refractivity contribution in [3.05, 3.63) is 52.1 Å². The number of halogens is 2. The first kappa shape index (κ1) is 12.6. The molecule has 0 atom stereocenters. The van der Waals surface area contributed by atoms with Gasteiger partial charge >= 0.3 is 5.97 Å². The van der Waals surface area contributed by atoms with E-state index in [0.717, 1.165) is 0 Å². The van der Waals surface area contributed by atoms with Crippen LogP contribution in [0.3, 0.4) is 0 Å². The second kappa shape index (κ2) is 4.46. The molecule has 1 aromatic carbocycles. The van der Waals surface area contributed by atoms with E-state index in [0.29, 0.717) is 16.4 Å². The van der Waals surface area contributed by atoms with Crippen molar-refractivity contribution in [2.24, 2.45) is 0 Å². The summed E-state index contributed by atoms with van der Waals surface area (Å²) >= 11 is 5.84. The van der Waals surface area contributed by atoms with E-state index in [1.165, 1.54) is 24.3 Å². The quantitative estimate of drug-likeness (QED) is 0.904. The summed E-state index contributed by atoms with van der Waals surface area (Å²) < 4.78 is 15.3. The molecule has 0 saturated carbocycles. The molecule has 2 aromatic rings. The van der Waals surface area contributed by atoms with Gasteiger partial charge in [0.2, 0.25) is 0 Å². The normalized spacial score (nSPS) is 10.7. The van der Waals surface area contributed by atoms with Crippen molar-refractivity contribution in [1.29, 1.82) is 0 Å². The number of rotatable bonds is 2. The van der Waals surface area contributed by atoms with Crippen molar-refractivity contribution in [3.63, 3.8) is 0 Å². The van der Waals surface area contributed by atoms with Gasteiger partial charge in [0.05, 0.1) is 11.3 Å². The van der Waals surface area contributed by atoms with E-state index in [2.05, 4.69) is 0 Å². The van der Waals surface area contributed by atoms with Crippen LogP contribution >= 0.6 is 11.6 Å². The predicted octanol–water partition coefficient (Wildman–Crippen LogP) is 3.58. The molecule has 94 valence electrons. The molecule has 1 N–H and O–H groups in total. The number of carboxylic acids is 1. The van der Waals surface area contributed by atoms with Gasteiger partial charge in [-0.1, -0.05) is 11.6 Å². The Morgan fingerprint density at radius 3 is 2.56 bits per heavy atom. The summed E-state index contributed by atoms with van der Waals surface area (Å²) in [6.07, 6.45) is 0. The lowest BCUT2D eigenvalue weighted by atomic mass is 10.2. The van der Waals surface area contributed by atoms with Crippen LogP contribution in [-0.4, -0.2) is 15.6 Å². The fraction of sp³-hybridized carbons (Fsp3) is 0.154. The zero-order chi connectivity index (χ0) is 13.4. The van der Waals surface area contributed by atoms with Crippen LogP contribution in [0.25, 0.3) is 5.69 Å². The summed E-state index contributed by atoms with van der Waals surface area (Å²) in [4.78, 5) is 11.0. The van der Waals surface area contributed by atoms with Crippen molar-refractivity contribution in [1.82, 2.24) is 4.57 Å². The van der Waals surface area contributed by atoms with Gasteiger partial charge in [-0.05, 0) is 38.1 Å². The van der Waals surface area contributed by atoms with E-state index in [1.807, 2.05) is 0 Å². The minimum absolute atomic E-state index is 0.159. The molecule has 5 heteroatoms. The molecule has 0 aliphatic rings. The first-order valence-electron chi connectivity index (χ1n) is 5.29. The Bertz CT molecular complexity index is 634. The van der Waals surface area contributed by atoms with Gasteiger partial charge in [0, 0.05) is 16.4 Å². The molecule has 0 aliphatic carbocycles. The molecular formula is C13H11ClFNO2. The van der Waals surface area contributed by atoms with Crippen molar-refractivity contribution in [2.45, 2.75) is 13.8 Å². The molecule has 2 rings (SSSR count). The fourth-order valence-corrected chi connectivity index (χ4v) is 2.17. The molecular weight excluding hydrogens is 257 g/mol. The zero-order valence-corrected chi connectivity index (χ0v) is 10.6.